The zero-order valence-corrected chi connectivity index (χ0v) is 37.7. The number of rotatable bonds is 8. The van der Waals surface area contributed by atoms with E-state index in [4.69, 9.17) is 4.42 Å². The van der Waals surface area contributed by atoms with Crippen molar-refractivity contribution in [1.82, 2.24) is 0 Å². The van der Waals surface area contributed by atoms with Crippen LogP contribution in [-0.2, 0) is 18.3 Å². The number of benzene rings is 10. The fourth-order valence-corrected chi connectivity index (χ4v) is 13.1. The van der Waals surface area contributed by atoms with Crippen LogP contribution >= 0.6 is 0 Å². The third-order valence-electron chi connectivity index (χ3n) is 15.7. The summed E-state index contributed by atoms with van der Waals surface area (Å²) in [6.45, 7) is 0. The summed E-state index contributed by atoms with van der Waals surface area (Å²) in [5, 5.41) is 4.80. The van der Waals surface area contributed by atoms with Crippen molar-refractivity contribution >= 4 is 66.8 Å². The van der Waals surface area contributed by atoms with E-state index in [-0.39, 0.29) is 5.41 Å². The summed E-state index contributed by atoms with van der Waals surface area (Å²) in [5.41, 5.74) is 19.7. The molecule has 0 amide bonds. The summed E-state index contributed by atoms with van der Waals surface area (Å²) in [6, 6.07) is 85.1. The lowest BCUT2D eigenvalue weighted by atomic mass is 9.68. The molecule has 3 aliphatic carbocycles. The molecule has 0 N–H and O–H groups in total. The summed E-state index contributed by atoms with van der Waals surface area (Å²) >= 11 is 0. The molecule has 0 bridgehead atoms. The van der Waals surface area contributed by atoms with Gasteiger partial charge in [0.25, 0.3) is 0 Å². The normalized spacial score (nSPS) is 17.8. The average Bonchev–Trinajstić information content (AvgIpc) is 4.14. The van der Waals surface area contributed by atoms with Crippen LogP contribution in [0.15, 0.2) is 235 Å². The van der Waals surface area contributed by atoms with Gasteiger partial charge in [-0.15, -0.1) is 0 Å². The zero-order valence-electron chi connectivity index (χ0n) is 37.7. The Labute approximate surface area is 397 Å². The van der Waals surface area contributed by atoms with Crippen LogP contribution in [0.5, 0.6) is 0 Å². The minimum atomic E-state index is -0.170. The Morgan fingerprint density at radius 2 is 0.912 bits per heavy atom. The molecule has 1 fully saturated rings. The van der Waals surface area contributed by atoms with E-state index < -0.39 is 0 Å². The minimum Gasteiger partial charge on any atom is -0.456 e. The number of para-hydroxylation sites is 3. The molecule has 3 unspecified atom stereocenters. The number of fused-ring (bicyclic) bond motifs is 6. The number of hydrogen-bond acceptors (Lipinski definition) is 3. The van der Waals surface area contributed by atoms with Gasteiger partial charge in [-0.2, -0.15) is 0 Å². The van der Waals surface area contributed by atoms with Gasteiger partial charge in [0.05, 0.1) is 11.4 Å². The van der Waals surface area contributed by atoms with Gasteiger partial charge in [0.1, 0.15) is 11.2 Å². The molecule has 3 atom stereocenters. The van der Waals surface area contributed by atoms with Crippen LogP contribution < -0.4 is 9.80 Å². The number of furan rings is 1. The highest BCUT2D eigenvalue weighted by molar-refractivity contribution is 6.07. The van der Waals surface area contributed by atoms with Gasteiger partial charge < -0.3 is 14.2 Å². The highest BCUT2D eigenvalue weighted by Gasteiger charge is 2.62. The Morgan fingerprint density at radius 1 is 0.382 bits per heavy atom. The predicted molar refractivity (Wildman–Crippen MR) is 282 cm³/mol. The molecule has 11 aromatic rings. The van der Waals surface area contributed by atoms with Crippen LogP contribution in [0.3, 0.4) is 0 Å². The standard InChI is InChI=1S/C65H48N2O/c1-4-17-45(18-5-1)62-54-25-11-10-16-43(54)32-38-55(62)44-30-35-52(36-31-44)66(50-21-6-2-7-22-50)58-27-14-19-46-40-48-33-34-49-41-47-20-15-28-59(64(47)65(48,49)63(46)58)67(51-23-8-3-9-24-51)53-37-39-57-56-26-12-13-29-60(56)68-61(57)42-53/h1-32,35-39,42,48-49H,33-34,40-41H2. The molecule has 10 aromatic carbocycles. The topological polar surface area (TPSA) is 19.6 Å². The first-order valence-corrected chi connectivity index (χ1v) is 24.3. The number of hydrogen-bond donors (Lipinski definition) is 0. The lowest BCUT2D eigenvalue weighted by molar-refractivity contribution is 0.350. The third-order valence-corrected chi connectivity index (χ3v) is 15.7. The maximum atomic E-state index is 6.56. The van der Waals surface area contributed by atoms with E-state index in [9.17, 15) is 0 Å². The third kappa shape index (κ3) is 5.85. The molecule has 68 heavy (non-hydrogen) atoms. The highest BCUT2D eigenvalue weighted by Crippen LogP contribution is 2.69. The zero-order chi connectivity index (χ0) is 44.8. The molecular weight excluding hydrogens is 825 g/mol. The molecule has 1 saturated carbocycles. The van der Waals surface area contributed by atoms with Gasteiger partial charge in [0.2, 0.25) is 0 Å². The summed E-state index contributed by atoms with van der Waals surface area (Å²) in [4.78, 5) is 5.07. The first kappa shape index (κ1) is 39.1. The van der Waals surface area contributed by atoms with Gasteiger partial charge in [0.15, 0.2) is 0 Å². The molecule has 0 radical (unpaired) electrons. The fraction of sp³-hybridized carbons (Fsp3) is 0.108. The van der Waals surface area contributed by atoms with Crippen molar-refractivity contribution < 1.29 is 4.42 Å². The number of anilines is 6. The Bertz CT molecular complexity index is 3700. The molecule has 3 nitrogen and oxygen atoms in total. The van der Waals surface area contributed by atoms with E-state index in [1.165, 1.54) is 79.5 Å². The van der Waals surface area contributed by atoms with Crippen molar-refractivity contribution in [1.29, 1.82) is 0 Å². The van der Waals surface area contributed by atoms with Gasteiger partial charge in [-0.05, 0) is 160 Å². The molecule has 1 aromatic heterocycles. The lowest BCUT2D eigenvalue weighted by Gasteiger charge is -2.40. The van der Waals surface area contributed by atoms with E-state index >= 15 is 0 Å². The van der Waals surface area contributed by atoms with Gasteiger partial charge in [0, 0.05) is 45.0 Å². The molecule has 0 aliphatic heterocycles. The predicted octanol–water partition coefficient (Wildman–Crippen LogP) is 17.4. The maximum Gasteiger partial charge on any atom is 0.137 e. The van der Waals surface area contributed by atoms with E-state index in [0.29, 0.717) is 11.8 Å². The molecule has 0 saturated heterocycles. The molecule has 1 spiro atoms. The van der Waals surface area contributed by atoms with E-state index in [0.717, 1.165) is 57.5 Å². The summed E-state index contributed by atoms with van der Waals surface area (Å²) in [6.07, 6.45) is 4.60. The van der Waals surface area contributed by atoms with Crippen LogP contribution in [-0.4, -0.2) is 0 Å². The average molecular weight is 873 g/mol. The van der Waals surface area contributed by atoms with Crippen molar-refractivity contribution in [2.45, 2.75) is 31.1 Å². The van der Waals surface area contributed by atoms with E-state index in [1.54, 1.807) is 0 Å². The Hall–Kier alpha value is -8.14. The lowest BCUT2D eigenvalue weighted by Crippen LogP contribution is -2.34. The molecule has 14 rings (SSSR count). The summed E-state index contributed by atoms with van der Waals surface area (Å²) < 4.78 is 6.56. The summed E-state index contributed by atoms with van der Waals surface area (Å²) in [5.74, 6) is 0.983. The van der Waals surface area contributed by atoms with Crippen molar-refractivity contribution in [2.75, 3.05) is 9.80 Å². The molecule has 3 heteroatoms. The van der Waals surface area contributed by atoms with Crippen LogP contribution in [0.1, 0.15) is 35.1 Å². The van der Waals surface area contributed by atoms with Gasteiger partial charge in [-0.1, -0.05) is 158 Å². The van der Waals surface area contributed by atoms with E-state index in [1.807, 2.05) is 0 Å². The minimum absolute atomic E-state index is 0.170. The molecule has 324 valence electrons. The smallest absolute Gasteiger partial charge is 0.137 e. The second-order valence-electron chi connectivity index (χ2n) is 19.1. The first-order chi connectivity index (χ1) is 33.7. The van der Waals surface area contributed by atoms with E-state index in [2.05, 4.69) is 240 Å². The van der Waals surface area contributed by atoms with Gasteiger partial charge in [-0.3, -0.25) is 0 Å². The van der Waals surface area contributed by atoms with Crippen LogP contribution in [0.25, 0.3) is 55.0 Å². The largest absolute Gasteiger partial charge is 0.456 e. The van der Waals surface area contributed by atoms with Crippen molar-refractivity contribution in [2.24, 2.45) is 11.8 Å². The van der Waals surface area contributed by atoms with Gasteiger partial charge in [-0.25, -0.2) is 0 Å². The Balaban J connectivity index is 0.951. The van der Waals surface area contributed by atoms with Crippen molar-refractivity contribution in [3.63, 3.8) is 0 Å². The molecule has 1 heterocycles. The van der Waals surface area contributed by atoms with Gasteiger partial charge >= 0.3 is 0 Å². The van der Waals surface area contributed by atoms with Crippen LogP contribution in [0, 0.1) is 11.8 Å². The highest BCUT2D eigenvalue weighted by atomic mass is 16.3. The quantitative estimate of drug-likeness (QED) is 0.152. The molecule has 3 aliphatic rings. The monoisotopic (exact) mass is 872 g/mol. The number of nitrogens with zero attached hydrogens (tertiary/aromatic N) is 2. The second kappa shape index (κ2) is 15.5. The second-order valence-corrected chi connectivity index (χ2v) is 19.1. The Morgan fingerprint density at radius 3 is 1.57 bits per heavy atom. The van der Waals surface area contributed by atoms with Crippen LogP contribution in [0.2, 0.25) is 0 Å². The maximum absolute atomic E-state index is 6.56. The Kier molecular flexibility index (Phi) is 8.89. The molecular formula is C65H48N2O. The van der Waals surface area contributed by atoms with Crippen molar-refractivity contribution in [3.05, 3.63) is 253 Å². The SMILES string of the molecule is c1ccc(-c2c(-c3ccc(N(c4ccccc4)c4cccc5c4C46c7c(cccc7N(c7ccccc7)c7ccc8c(c7)oc7ccccc78)CC4CCC6C5)cc3)ccc3ccccc23)cc1. The van der Waals surface area contributed by atoms with Crippen LogP contribution in [0.4, 0.5) is 34.1 Å². The van der Waals surface area contributed by atoms with Crippen molar-refractivity contribution in [3.8, 4) is 22.3 Å². The first-order valence-electron chi connectivity index (χ1n) is 24.3. The fourth-order valence-electron chi connectivity index (χ4n) is 13.1. The summed E-state index contributed by atoms with van der Waals surface area (Å²) in [7, 11) is 0.